The molecule has 0 spiro atoms. The molecule has 2 heterocycles. The van der Waals surface area contributed by atoms with Crippen molar-refractivity contribution in [1.82, 2.24) is 10.1 Å². The van der Waals surface area contributed by atoms with E-state index in [0.717, 1.165) is 29.0 Å². The lowest BCUT2D eigenvalue weighted by Crippen LogP contribution is -3.06. The summed E-state index contributed by atoms with van der Waals surface area (Å²) in [6.07, 6.45) is 3.61. The van der Waals surface area contributed by atoms with Crippen molar-refractivity contribution < 1.29 is 14.2 Å². The lowest BCUT2D eigenvalue weighted by Gasteiger charge is -2.29. The van der Waals surface area contributed by atoms with Gasteiger partial charge in [-0.2, -0.15) is 4.98 Å². The number of nitrogens with zero attached hydrogens (tertiary/aromatic N) is 2. The summed E-state index contributed by atoms with van der Waals surface area (Å²) in [5.74, 6) is 1.63. The molecule has 0 fully saturated rings. The zero-order valence-electron chi connectivity index (χ0n) is 18.5. The molecule has 5 rings (SSSR count). The Morgan fingerprint density at radius 1 is 1.03 bits per heavy atom. The monoisotopic (exact) mass is 457 g/mol. The van der Waals surface area contributed by atoms with E-state index in [9.17, 15) is 0 Å². The third-order valence-corrected chi connectivity index (χ3v) is 6.03. The fourth-order valence-corrected chi connectivity index (χ4v) is 3.87. The van der Waals surface area contributed by atoms with Crippen LogP contribution in [0.5, 0.6) is 5.75 Å². The molecule has 4 aromatic rings. The van der Waals surface area contributed by atoms with E-state index in [1.54, 1.807) is 0 Å². The molecule has 0 saturated heterocycles. The number of ether oxygens (including phenoxy) is 1. The Balaban J connectivity index is 1.43. The summed E-state index contributed by atoms with van der Waals surface area (Å²) in [5.41, 5.74) is 5.33. The summed E-state index contributed by atoms with van der Waals surface area (Å²) < 4.78 is 12.0. The lowest BCUT2D eigenvalue weighted by atomic mass is 10.1. The number of halogens is 1. The van der Waals surface area contributed by atoms with Gasteiger partial charge in [-0.05, 0) is 49.2 Å². The van der Waals surface area contributed by atoms with Crippen LogP contribution in [0.3, 0.4) is 0 Å². The lowest BCUT2D eigenvalue weighted by molar-refractivity contribution is -0.840. The van der Waals surface area contributed by atoms with E-state index < -0.39 is 6.10 Å². The normalized spacial score (nSPS) is 15.5. The van der Waals surface area contributed by atoms with Crippen LogP contribution in [0.25, 0.3) is 11.4 Å². The Labute approximate surface area is 198 Å². The highest BCUT2D eigenvalue weighted by Gasteiger charge is 2.24. The molecule has 2 unspecified atom stereocenters. The van der Waals surface area contributed by atoms with Crippen molar-refractivity contribution in [2.45, 2.75) is 26.5 Å². The molecule has 1 aliphatic heterocycles. The van der Waals surface area contributed by atoms with Gasteiger partial charge in [-0.1, -0.05) is 72.0 Å². The summed E-state index contributed by atoms with van der Waals surface area (Å²) >= 11 is 6.26. The molecule has 6 heteroatoms. The molecular formula is C27H24ClN3O2. The molecule has 2 atom stereocenters. The average Bonchev–Trinajstić information content (AvgIpc) is 3.27. The number of quaternary nitrogens is 1. The molecule has 33 heavy (non-hydrogen) atoms. The quantitative estimate of drug-likeness (QED) is 0.385. The summed E-state index contributed by atoms with van der Waals surface area (Å²) in [6.45, 7) is 7.19. The fourth-order valence-electron chi connectivity index (χ4n) is 3.67. The van der Waals surface area contributed by atoms with Gasteiger partial charge in [-0.15, -0.1) is 6.08 Å². The van der Waals surface area contributed by atoms with Crippen molar-refractivity contribution in [2.75, 3.05) is 0 Å². The molecule has 0 amide bonds. The van der Waals surface area contributed by atoms with Crippen molar-refractivity contribution >= 4 is 11.6 Å². The zero-order chi connectivity index (χ0) is 22.8. The van der Waals surface area contributed by atoms with Gasteiger partial charge in [0.1, 0.15) is 5.75 Å². The highest BCUT2D eigenvalue weighted by Crippen LogP contribution is 2.31. The first-order valence-corrected chi connectivity index (χ1v) is 11.2. The predicted molar refractivity (Wildman–Crippen MR) is 128 cm³/mol. The Morgan fingerprint density at radius 2 is 1.85 bits per heavy atom. The van der Waals surface area contributed by atoms with Crippen LogP contribution < -0.4 is 9.64 Å². The van der Waals surface area contributed by atoms with Crippen molar-refractivity contribution in [3.8, 4) is 17.1 Å². The van der Waals surface area contributed by atoms with Crippen LogP contribution >= 0.6 is 11.6 Å². The van der Waals surface area contributed by atoms with Gasteiger partial charge in [-0.25, -0.2) is 0 Å². The smallest absolute Gasteiger partial charge is 0.272 e. The maximum absolute atomic E-state index is 6.34. The first-order chi connectivity index (χ1) is 16.0. The number of rotatable bonds is 7. The van der Waals surface area contributed by atoms with E-state index >= 15 is 0 Å². The standard InChI is InChI=1S/C27H24ClN3O2/c1-18-7-12-24(15-19(18)2)32-25(22-5-3-6-23(28)16-22)27-29-26(30-33-27)21-10-8-20(9-11-21)17-31-13-4-14-31/h3-16,25,31H,17H2,1-2H3. The van der Waals surface area contributed by atoms with E-state index in [4.69, 9.17) is 20.9 Å². The number of aromatic nitrogens is 2. The summed E-state index contributed by atoms with van der Waals surface area (Å²) in [7, 11) is 0. The Hall–Kier alpha value is -3.54. The summed E-state index contributed by atoms with van der Waals surface area (Å²) in [5, 5.41) is 4.84. The summed E-state index contributed by atoms with van der Waals surface area (Å²) in [6, 6.07) is 21.7. The maximum Gasteiger partial charge on any atom is 0.272 e. The van der Waals surface area contributed by atoms with Crippen LogP contribution in [-0.2, 0) is 6.54 Å². The van der Waals surface area contributed by atoms with Gasteiger partial charge in [-0.3, -0.25) is 0 Å². The molecule has 5 nitrogen and oxygen atoms in total. The van der Waals surface area contributed by atoms with Gasteiger partial charge in [0, 0.05) is 21.7 Å². The maximum atomic E-state index is 6.34. The third kappa shape index (κ3) is 4.80. The number of aryl methyl sites for hydroxylation is 2. The highest BCUT2D eigenvalue weighted by molar-refractivity contribution is 6.30. The van der Waals surface area contributed by atoms with Gasteiger partial charge in [0.05, 0.1) is 6.54 Å². The topological polar surface area (TPSA) is 52.6 Å². The van der Waals surface area contributed by atoms with Crippen LogP contribution in [0.4, 0.5) is 0 Å². The van der Waals surface area contributed by atoms with Gasteiger partial charge in [0.2, 0.25) is 11.9 Å². The van der Waals surface area contributed by atoms with Crippen molar-refractivity contribution in [3.05, 3.63) is 119 Å². The second-order valence-corrected chi connectivity index (χ2v) is 8.67. The molecule has 0 radical (unpaired) electrons. The predicted octanol–water partition coefficient (Wildman–Crippen LogP) is 5.25. The SMILES string of the molecule is Cc1ccc(OC(c2cccc(Cl)c2)c2nc(-c3ccc(C[NH+]4C=C[CH-]4)cc3)no2)cc1C. The second-order valence-electron chi connectivity index (χ2n) is 8.23. The van der Waals surface area contributed by atoms with Gasteiger partial charge in [0.25, 0.3) is 5.89 Å². The molecule has 1 aliphatic rings. The van der Waals surface area contributed by atoms with Gasteiger partial charge >= 0.3 is 0 Å². The second kappa shape index (κ2) is 9.14. The van der Waals surface area contributed by atoms with Crippen LogP contribution in [-0.4, -0.2) is 10.1 Å². The first-order valence-electron chi connectivity index (χ1n) is 10.8. The van der Waals surface area contributed by atoms with Crippen LogP contribution in [0.1, 0.15) is 34.2 Å². The number of benzene rings is 3. The van der Waals surface area contributed by atoms with E-state index in [1.807, 2.05) is 54.6 Å². The van der Waals surface area contributed by atoms with Crippen molar-refractivity contribution in [1.29, 1.82) is 0 Å². The van der Waals surface area contributed by atoms with E-state index in [2.05, 4.69) is 54.9 Å². The Bertz CT molecular complexity index is 1300. The fraction of sp³-hybridized carbons (Fsp3) is 0.148. The van der Waals surface area contributed by atoms with Crippen molar-refractivity contribution in [3.63, 3.8) is 0 Å². The number of hydrogen-bond acceptors (Lipinski definition) is 4. The Kier molecular flexibility index (Phi) is 5.90. The van der Waals surface area contributed by atoms with Gasteiger partial charge in [0.15, 0.2) is 0 Å². The minimum absolute atomic E-state index is 0.374. The highest BCUT2D eigenvalue weighted by atomic mass is 35.5. The molecule has 0 aliphatic carbocycles. The minimum Gasteiger partial charge on any atom is -0.476 e. The molecule has 0 bridgehead atoms. The van der Waals surface area contributed by atoms with Crippen LogP contribution in [0, 0.1) is 20.4 Å². The molecular weight excluding hydrogens is 434 g/mol. The average molecular weight is 458 g/mol. The largest absolute Gasteiger partial charge is 0.476 e. The number of hydrogen-bond donors (Lipinski definition) is 1. The van der Waals surface area contributed by atoms with Crippen molar-refractivity contribution in [2.24, 2.45) is 0 Å². The van der Waals surface area contributed by atoms with E-state index in [0.29, 0.717) is 16.7 Å². The third-order valence-electron chi connectivity index (χ3n) is 5.79. The van der Waals surface area contributed by atoms with Gasteiger partial charge < -0.3 is 14.2 Å². The minimum atomic E-state index is -0.580. The molecule has 1 N–H and O–H groups in total. The first kappa shape index (κ1) is 21.3. The Morgan fingerprint density at radius 3 is 2.55 bits per heavy atom. The molecule has 0 saturated carbocycles. The molecule has 166 valence electrons. The van der Waals surface area contributed by atoms with E-state index in [1.165, 1.54) is 16.0 Å². The van der Waals surface area contributed by atoms with Crippen LogP contribution in [0.15, 0.2) is 83.5 Å². The molecule has 1 aromatic heterocycles. The zero-order valence-corrected chi connectivity index (χ0v) is 19.2. The molecule has 3 aromatic carbocycles. The van der Waals surface area contributed by atoms with Crippen LogP contribution in [0.2, 0.25) is 5.02 Å². The summed E-state index contributed by atoms with van der Waals surface area (Å²) in [4.78, 5) is 6.00. The van der Waals surface area contributed by atoms with E-state index in [-0.39, 0.29) is 0 Å². The number of nitrogens with one attached hydrogen (secondary N) is 1.